The molecule has 0 saturated carbocycles. The molecule has 1 aromatic heterocycles. The van der Waals surface area contributed by atoms with Crippen molar-refractivity contribution in [2.75, 3.05) is 32.5 Å². The number of hydroxylamine groups is 1. The molecule has 3 aromatic rings. The van der Waals surface area contributed by atoms with Crippen LogP contribution in [0.2, 0.25) is 5.02 Å². The van der Waals surface area contributed by atoms with Crippen LogP contribution >= 0.6 is 23.4 Å². The van der Waals surface area contributed by atoms with E-state index < -0.39 is 5.41 Å². The van der Waals surface area contributed by atoms with Gasteiger partial charge in [-0.2, -0.15) is 0 Å². The van der Waals surface area contributed by atoms with Gasteiger partial charge >= 0.3 is 0 Å². The predicted molar refractivity (Wildman–Crippen MR) is 141 cm³/mol. The number of likely N-dealkylation sites (tertiary alicyclic amines) is 1. The van der Waals surface area contributed by atoms with Crippen LogP contribution in [-0.4, -0.2) is 53.5 Å². The number of hydrogen-bond donors (Lipinski definition) is 2. The summed E-state index contributed by atoms with van der Waals surface area (Å²) in [5.74, 6) is 1.10. The number of piperidine rings is 1. The maximum absolute atomic E-state index is 13.1. The number of amides is 1. The molecular weight excluding hydrogens is 501 g/mol. The van der Waals surface area contributed by atoms with Crippen molar-refractivity contribution in [1.82, 2.24) is 15.4 Å². The number of fused-ring (bicyclic) bond motifs is 1. The predicted octanol–water partition coefficient (Wildman–Crippen LogP) is 5.74. The van der Waals surface area contributed by atoms with Crippen LogP contribution in [0.1, 0.15) is 31.2 Å². The summed E-state index contributed by atoms with van der Waals surface area (Å²) in [6.07, 6.45) is 5.14. The molecule has 0 aliphatic carbocycles. The Hall–Kier alpha value is -2.39. The fraction of sp³-hybridized carbons (Fsp3) is 0.407. The molecular formula is C27H31ClFN3O3S. The zero-order chi connectivity index (χ0) is 25.5. The van der Waals surface area contributed by atoms with Gasteiger partial charge in [-0.25, -0.2) is 9.87 Å². The van der Waals surface area contributed by atoms with Crippen LogP contribution in [0.5, 0.6) is 5.75 Å². The summed E-state index contributed by atoms with van der Waals surface area (Å²) in [5.41, 5.74) is 3.16. The lowest BCUT2D eigenvalue weighted by Crippen LogP contribution is -2.48. The fourth-order valence-corrected chi connectivity index (χ4v) is 6.08. The molecule has 0 spiro atoms. The van der Waals surface area contributed by atoms with Crippen molar-refractivity contribution < 1.29 is 19.1 Å². The van der Waals surface area contributed by atoms with Crippen LogP contribution in [0.4, 0.5) is 4.39 Å². The van der Waals surface area contributed by atoms with Gasteiger partial charge in [-0.1, -0.05) is 11.6 Å². The molecule has 36 heavy (non-hydrogen) atoms. The van der Waals surface area contributed by atoms with Gasteiger partial charge in [-0.15, -0.1) is 11.8 Å². The molecule has 192 valence electrons. The molecule has 1 amide bonds. The molecule has 2 N–H and O–H groups in total. The number of aryl methyl sites for hydroxylation is 1. The van der Waals surface area contributed by atoms with Crippen molar-refractivity contribution in [2.45, 2.75) is 37.0 Å². The van der Waals surface area contributed by atoms with Crippen LogP contribution in [-0.2, 0) is 11.2 Å². The summed E-state index contributed by atoms with van der Waals surface area (Å²) in [7, 11) is 1.63. The van der Waals surface area contributed by atoms with Gasteiger partial charge in [-0.3, -0.25) is 15.0 Å². The van der Waals surface area contributed by atoms with Crippen molar-refractivity contribution >= 4 is 40.2 Å². The standard InChI is InChI=1S/C27H31ClFN3O3S/c1-35-20-6-9-25-23(17-20)22(24(28)18-30-25)3-2-10-27(26(33)31-34)11-13-32(14-12-27)15-16-36-21-7-4-19(29)5-8-21/h4-9,17-18,34H,2-3,10-16H2,1H3,(H,31,33). The third-order valence-corrected chi connectivity index (χ3v) is 8.42. The van der Waals surface area contributed by atoms with Gasteiger partial charge in [0.2, 0.25) is 5.91 Å². The first-order valence-electron chi connectivity index (χ1n) is 12.1. The molecule has 4 rings (SSSR count). The van der Waals surface area contributed by atoms with Gasteiger partial charge in [0.05, 0.1) is 23.1 Å². The highest BCUT2D eigenvalue weighted by atomic mass is 35.5. The molecule has 1 fully saturated rings. The Labute approximate surface area is 220 Å². The second kappa shape index (κ2) is 12.2. The van der Waals surface area contributed by atoms with E-state index in [-0.39, 0.29) is 11.7 Å². The van der Waals surface area contributed by atoms with Gasteiger partial charge in [-0.05, 0) is 93.2 Å². The van der Waals surface area contributed by atoms with Crippen molar-refractivity contribution in [3.05, 3.63) is 65.1 Å². The Bertz CT molecular complexity index is 1190. The number of pyridine rings is 1. The van der Waals surface area contributed by atoms with Gasteiger partial charge < -0.3 is 9.64 Å². The monoisotopic (exact) mass is 531 g/mol. The van der Waals surface area contributed by atoms with Crippen molar-refractivity contribution in [3.8, 4) is 5.75 Å². The number of aromatic nitrogens is 1. The first-order valence-corrected chi connectivity index (χ1v) is 13.5. The molecule has 0 unspecified atom stereocenters. The van der Waals surface area contributed by atoms with E-state index in [1.54, 1.807) is 37.2 Å². The summed E-state index contributed by atoms with van der Waals surface area (Å²) in [6, 6.07) is 12.3. The largest absolute Gasteiger partial charge is 0.497 e. The van der Waals surface area contributed by atoms with Gasteiger partial charge in [0, 0.05) is 28.8 Å². The van der Waals surface area contributed by atoms with E-state index in [1.807, 2.05) is 23.7 Å². The van der Waals surface area contributed by atoms with Gasteiger partial charge in [0.1, 0.15) is 11.6 Å². The highest BCUT2D eigenvalue weighted by Crippen LogP contribution is 2.38. The normalized spacial score (nSPS) is 15.7. The molecule has 9 heteroatoms. The third kappa shape index (κ3) is 6.29. The fourth-order valence-electron chi connectivity index (χ4n) is 4.92. The van der Waals surface area contributed by atoms with Crippen molar-refractivity contribution in [3.63, 3.8) is 0 Å². The zero-order valence-electron chi connectivity index (χ0n) is 20.3. The van der Waals surface area contributed by atoms with Crippen LogP contribution in [0.15, 0.2) is 53.6 Å². The van der Waals surface area contributed by atoms with E-state index in [0.717, 1.165) is 58.9 Å². The average molecular weight is 532 g/mol. The number of ether oxygens (including phenoxy) is 1. The van der Waals surface area contributed by atoms with Crippen molar-refractivity contribution in [2.24, 2.45) is 5.41 Å². The molecule has 1 aliphatic heterocycles. The highest BCUT2D eigenvalue weighted by Gasteiger charge is 2.40. The minimum atomic E-state index is -0.609. The minimum Gasteiger partial charge on any atom is -0.497 e. The summed E-state index contributed by atoms with van der Waals surface area (Å²) in [6.45, 7) is 2.46. The molecule has 2 heterocycles. The summed E-state index contributed by atoms with van der Waals surface area (Å²) < 4.78 is 18.5. The van der Waals surface area contributed by atoms with Gasteiger partial charge in [0.15, 0.2) is 0 Å². The Morgan fingerprint density at radius 2 is 2.00 bits per heavy atom. The maximum atomic E-state index is 13.1. The van der Waals surface area contributed by atoms with Crippen molar-refractivity contribution in [1.29, 1.82) is 0 Å². The number of nitrogens with zero attached hydrogens (tertiary/aromatic N) is 2. The highest BCUT2D eigenvalue weighted by molar-refractivity contribution is 7.99. The number of carbonyl (C=O) groups is 1. The maximum Gasteiger partial charge on any atom is 0.249 e. The number of carbonyl (C=O) groups excluding carboxylic acids is 1. The Kier molecular flexibility index (Phi) is 9.06. The van der Waals surface area contributed by atoms with Crippen LogP contribution < -0.4 is 10.2 Å². The second-order valence-electron chi connectivity index (χ2n) is 9.19. The quantitative estimate of drug-likeness (QED) is 0.197. The average Bonchev–Trinajstić information content (AvgIpc) is 2.91. The topological polar surface area (TPSA) is 74.7 Å². The van der Waals surface area contributed by atoms with Crippen LogP contribution in [0.3, 0.4) is 0 Å². The van der Waals surface area contributed by atoms with Crippen LogP contribution in [0, 0.1) is 11.2 Å². The number of methoxy groups -OCH3 is 1. The Balaban J connectivity index is 1.35. The zero-order valence-corrected chi connectivity index (χ0v) is 21.9. The number of benzene rings is 2. The smallest absolute Gasteiger partial charge is 0.249 e. The summed E-state index contributed by atoms with van der Waals surface area (Å²) >= 11 is 8.21. The molecule has 1 aliphatic rings. The number of thioether (sulfide) groups is 1. The van der Waals surface area contributed by atoms with E-state index >= 15 is 0 Å². The van der Waals surface area contributed by atoms with E-state index in [4.69, 9.17) is 16.3 Å². The van der Waals surface area contributed by atoms with E-state index in [0.29, 0.717) is 30.7 Å². The van der Waals surface area contributed by atoms with Crippen LogP contribution in [0.25, 0.3) is 10.9 Å². The molecule has 0 atom stereocenters. The lowest BCUT2D eigenvalue weighted by Gasteiger charge is -2.40. The summed E-state index contributed by atoms with van der Waals surface area (Å²) in [5, 5.41) is 11.0. The third-order valence-electron chi connectivity index (χ3n) is 7.10. The Morgan fingerprint density at radius 3 is 2.69 bits per heavy atom. The van der Waals surface area contributed by atoms with E-state index in [9.17, 15) is 14.4 Å². The van der Waals surface area contributed by atoms with E-state index in [2.05, 4.69) is 9.88 Å². The first-order chi connectivity index (χ1) is 17.4. The number of hydrogen-bond acceptors (Lipinski definition) is 6. The number of nitrogens with one attached hydrogen (secondary N) is 1. The molecule has 1 saturated heterocycles. The first kappa shape index (κ1) is 26.7. The second-order valence-corrected chi connectivity index (χ2v) is 10.8. The SMILES string of the molecule is COc1ccc2ncc(Cl)c(CCCC3(C(=O)NO)CCN(CCSc4ccc(F)cc4)CC3)c2c1. The lowest BCUT2D eigenvalue weighted by molar-refractivity contribution is -0.143. The van der Waals surface area contributed by atoms with Gasteiger partial charge in [0.25, 0.3) is 0 Å². The van der Waals surface area contributed by atoms with E-state index in [1.165, 1.54) is 12.1 Å². The lowest BCUT2D eigenvalue weighted by atomic mass is 9.73. The molecule has 0 bridgehead atoms. The molecule has 2 aromatic carbocycles. The summed E-state index contributed by atoms with van der Waals surface area (Å²) in [4.78, 5) is 20.6. The molecule has 6 nitrogen and oxygen atoms in total. The Morgan fingerprint density at radius 1 is 1.25 bits per heavy atom. The minimum absolute atomic E-state index is 0.229. The number of rotatable bonds is 10. The number of halogens is 2. The molecule has 0 radical (unpaired) electrons.